The number of hydrogen-bond acceptors (Lipinski definition) is 5. The molecule has 3 aliphatic rings. The first-order valence-electron chi connectivity index (χ1n) is 12.5. The van der Waals surface area contributed by atoms with E-state index >= 15 is 0 Å². The van der Waals surface area contributed by atoms with Gasteiger partial charge in [0, 0.05) is 49.9 Å². The van der Waals surface area contributed by atoms with Crippen LogP contribution in [0.3, 0.4) is 0 Å². The van der Waals surface area contributed by atoms with E-state index in [1.165, 1.54) is 11.8 Å². The van der Waals surface area contributed by atoms with E-state index < -0.39 is 0 Å². The number of rotatable bonds is 8. The van der Waals surface area contributed by atoms with Gasteiger partial charge in [-0.15, -0.1) is 0 Å². The van der Waals surface area contributed by atoms with Gasteiger partial charge in [0.25, 0.3) is 0 Å². The highest BCUT2D eigenvalue weighted by Gasteiger charge is 2.32. The van der Waals surface area contributed by atoms with Crippen LogP contribution in [0.4, 0.5) is 10.5 Å². The predicted molar refractivity (Wildman–Crippen MR) is 144 cm³/mol. The molecule has 1 saturated heterocycles. The highest BCUT2D eigenvalue weighted by molar-refractivity contribution is 5.94. The van der Waals surface area contributed by atoms with Crippen LogP contribution in [0.2, 0.25) is 0 Å². The Bertz CT molecular complexity index is 1180. The van der Waals surface area contributed by atoms with Gasteiger partial charge in [-0.2, -0.15) is 0 Å². The van der Waals surface area contributed by atoms with Crippen LogP contribution in [0.25, 0.3) is 0 Å². The standard InChI is InChI=1S/C28H33N5O4/c1-32(27(35)26(34)15-17-29)23-16-18-33(19-23)22-11-7-20(8-12-22)30-28(36)31-21-9-13-25(14-10-21)37-24-5-3-2-4-6-24/h2-3,5,7,9-11,13-15,17,23,29,34H,4,6,8,12,16,18-19H2,1H3,(H2,30,31,36)/p+1/b26-15-,29-17?. The summed E-state index contributed by atoms with van der Waals surface area (Å²) in [5.74, 6) is 1.12. The van der Waals surface area contributed by atoms with Crippen molar-refractivity contribution < 1.29 is 19.4 Å². The fourth-order valence-corrected chi connectivity index (χ4v) is 4.55. The summed E-state index contributed by atoms with van der Waals surface area (Å²) >= 11 is 0. The fourth-order valence-electron chi connectivity index (χ4n) is 4.55. The van der Waals surface area contributed by atoms with Gasteiger partial charge in [0.1, 0.15) is 11.5 Å². The maximum absolute atomic E-state index is 12.5. The van der Waals surface area contributed by atoms with Crippen LogP contribution in [0.1, 0.15) is 32.1 Å². The molecule has 0 radical (unpaired) electrons. The molecule has 0 aromatic heterocycles. The van der Waals surface area contributed by atoms with Gasteiger partial charge < -0.3 is 35.7 Å². The van der Waals surface area contributed by atoms with Gasteiger partial charge in [-0.3, -0.25) is 4.79 Å². The molecular weight excluding hydrogens is 470 g/mol. The quantitative estimate of drug-likeness (QED) is 0.216. The molecule has 1 fully saturated rings. The Morgan fingerprint density at radius 2 is 1.95 bits per heavy atom. The zero-order valence-corrected chi connectivity index (χ0v) is 21.0. The fraction of sp³-hybridized carbons (Fsp3) is 0.321. The van der Waals surface area contributed by atoms with Crippen LogP contribution >= 0.6 is 0 Å². The molecule has 9 heteroatoms. The van der Waals surface area contributed by atoms with Crippen LogP contribution < -0.4 is 15.4 Å². The molecule has 1 unspecified atom stereocenters. The first kappa shape index (κ1) is 25.8. The lowest BCUT2D eigenvalue weighted by molar-refractivity contribution is -0.130. The van der Waals surface area contributed by atoms with E-state index in [9.17, 15) is 9.59 Å². The molecule has 1 atom stereocenters. The van der Waals surface area contributed by atoms with E-state index in [4.69, 9.17) is 15.3 Å². The maximum Gasteiger partial charge on any atom is 0.342 e. The summed E-state index contributed by atoms with van der Waals surface area (Å²) in [6.45, 7) is 1.54. The van der Waals surface area contributed by atoms with Gasteiger partial charge >= 0.3 is 17.7 Å². The van der Waals surface area contributed by atoms with Gasteiger partial charge in [0.05, 0.1) is 12.1 Å². The molecule has 1 heterocycles. The maximum atomic E-state index is 12.5. The smallest absolute Gasteiger partial charge is 0.342 e. The Morgan fingerprint density at radius 1 is 1.14 bits per heavy atom. The SMILES string of the molecule is CN(C(=O)/C([OH2+])=C/C=N)C1CCN(C2=CC=C(NC(=O)Nc3ccc(OC4=CC=CCC4)cc3)CC2)C1. The van der Waals surface area contributed by atoms with Gasteiger partial charge in [-0.1, -0.05) is 12.2 Å². The number of allylic oxidation sites excluding steroid dienone is 9. The average Bonchev–Trinajstić information content (AvgIpc) is 3.40. The largest absolute Gasteiger partial charge is 0.589 e. The van der Waals surface area contributed by atoms with Crippen LogP contribution in [0.5, 0.6) is 5.75 Å². The number of anilines is 1. The third-order valence-electron chi connectivity index (χ3n) is 6.66. The van der Waals surface area contributed by atoms with Crippen molar-refractivity contribution in [2.45, 2.75) is 38.1 Å². The van der Waals surface area contributed by atoms with Crippen molar-refractivity contribution in [3.63, 3.8) is 0 Å². The number of likely N-dealkylation sites (tertiary alicyclic amines) is 1. The second-order valence-electron chi connectivity index (χ2n) is 9.21. The minimum atomic E-state index is -0.369. The van der Waals surface area contributed by atoms with Gasteiger partial charge in [-0.05, 0) is 68.2 Å². The number of nitrogens with zero attached hydrogens (tertiary/aromatic N) is 2. The second kappa shape index (κ2) is 12.1. The van der Waals surface area contributed by atoms with Crippen molar-refractivity contribution in [3.8, 4) is 5.75 Å². The zero-order valence-electron chi connectivity index (χ0n) is 21.0. The Balaban J connectivity index is 1.25. The number of urea groups is 1. The number of amides is 3. The van der Waals surface area contributed by atoms with Crippen molar-refractivity contribution >= 4 is 23.8 Å². The van der Waals surface area contributed by atoms with Crippen molar-refractivity contribution in [2.75, 3.05) is 25.5 Å². The molecule has 0 bridgehead atoms. The molecule has 1 aromatic carbocycles. The Kier molecular flexibility index (Phi) is 8.45. The first-order chi connectivity index (χ1) is 17.9. The summed E-state index contributed by atoms with van der Waals surface area (Å²) in [5.41, 5.74) is 2.70. The molecule has 37 heavy (non-hydrogen) atoms. The number of nitrogens with one attached hydrogen (secondary N) is 3. The molecule has 5 N–H and O–H groups in total. The molecule has 9 nitrogen and oxygen atoms in total. The van der Waals surface area contributed by atoms with E-state index in [2.05, 4.69) is 21.6 Å². The minimum Gasteiger partial charge on any atom is -0.589 e. The molecular formula is C28H34N5O4+. The Labute approximate surface area is 217 Å². The van der Waals surface area contributed by atoms with E-state index in [1.807, 2.05) is 48.6 Å². The van der Waals surface area contributed by atoms with Crippen molar-refractivity contribution in [2.24, 2.45) is 0 Å². The first-order valence-corrected chi connectivity index (χ1v) is 12.5. The van der Waals surface area contributed by atoms with E-state index in [0.29, 0.717) is 18.7 Å². The van der Waals surface area contributed by atoms with Crippen LogP contribution in [-0.4, -0.2) is 59.2 Å². The Morgan fingerprint density at radius 3 is 2.62 bits per heavy atom. The van der Waals surface area contributed by atoms with Gasteiger partial charge in [0.15, 0.2) is 0 Å². The molecule has 2 aliphatic carbocycles. The van der Waals surface area contributed by atoms with Crippen molar-refractivity contribution in [1.82, 2.24) is 15.1 Å². The third-order valence-corrected chi connectivity index (χ3v) is 6.66. The Hall–Kier alpha value is -4.27. The number of likely N-dealkylation sites (N-methyl/N-ethyl adjacent to an activating group) is 1. The predicted octanol–water partition coefficient (Wildman–Crippen LogP) is 3.77. The molecule has 194 valence electrons. The van der Waals surface area contributed by atoms with Crippen LogP contribution in [-0.2, 0) is 4.79 Å². The normalized spacial score (nSPS) is 19.4. The summed E-state index contributed by atoms with van der Waals surface area (Å²) in [6, 6.07) is 7.05. The third kappa shape index (κ3) is 6.91. The molecule has 1 aromatic rings. The summed E-state index contributed by atoms with van der Waals surface area (Å²) < 4.78 is 5.86. The van der Waals surface area contributed by atoms with E-state index in [-0.39, 0.29) is 23.7 Å². The van der Waals surface area contributed by atoms with Crippen LogP contribution in [0.15, 0.2) is 83.6 Å². The number of carbonyl (C=O) groups is 2. The van der Waals surface area contributed by atoms with Gasteiger partial charge in [0.2, 0.25) is 0 Å². The van der Waals surface area contributed by atoms with Crippen molar-refractivity contribution in [1.29, 1.82) is 5.41 Å². The monoisotopic (exact) mass is 504 g/mol. The second-order valence-corrected chi connectivity index (χ2v) is 9.21. The van der Waals surface area contributed by atoms with Crippen LogP contribution in [0, 0.1) is 5.41 Å². The number of ether oxygens (including phenoxy) is 1. The molecule has 4 rings (SSSR count). The molecule has 0 spiro atoms. The van der Waals surface area contributed by atoms with Gasteiger partial charge in [-0.25, -0.2) is 4.79 Å². The van der Waals surface area contributed by atoms with E-state index in [0.717, 1.165) is 55.6 Å². The minimum absolute atomic E-state index is 0.0233. The molecule has 1 aliphatic heterocycles. The summed E-state index contributed by atoms with van der Waals surface area (Å²) in [5, 5.41) is 20.6. The highest BCUT2D eigenvalue weighted by Crippen LogP contribution is 2.26. The summed E-state index contributed by atoms with van der Waals surface area (Å²) in [6.07, 6.45) is 16.4. The number of carbonyl (C=O) groups excluding carboxylic acids is 2. The lowest BCUT2D eigenvalue weighted by atomic mass is 10.1. The topological polar surface area (TPSA) is 121 Å². The summed E-state index contributed by atoms with van der Waals surface area (Å²) in [4.78, 5) is 28.7. The molecule has 0 saturated carbocycles. The molecule has 3 amide bonds. The average molecular weight is 505 g/mol. The number of hydrogen-bond donors (Lipinski definition) is 3. The summed E-state index contributed by atoms with van der Waals surface area (Å²) in [7, 11) is 1.71. The lowest BCUT2D eigenvalue weighted by Gasteiger charge is -2.27. The van der Waals surface area contributed by atoms with Crippen molar-refractivity contribution in [3.05, 3.63) is 83.6 Å². The number of benzene rings is 1. The lowest BCUT2D eigenvalue weighted by Crippen LogP contribution is -2.39. The zero-order chi connectivity index (χ0) is 26.2. The highest BCUT2D eigenvalue weighted by atomic mass is 16.5. The van der Waals surface area contributed by atoms with E-state index in [1.54, 1.807) is 11.9 Å².